The Labute approximate surface area is 768 Å². The van der Waals surface area contributed by atoms with E-state index in [0.29, 0.717) is 112 Å². The Balaban J connectivity index is 0.000000149. The number of primary amides is 1. The minimum atomic E-state index is -0.710. The second-order valence-corrected chi connectivity index (χ2v) is 31.3. The summed E-state index contributed by atoms with van der Waals surface area (Å²) in [4.78, 5) is 80.9. The Morgan fingerprint density at radius 2 is 0.550 bits per heavy atom. The van der Waals surface area contributed by atoms with Crippen LogP contribution in [0.4, 0.5) is 106 Å². The fraction of sp³-hybridized carbons (Fsp3) is 0.130. The molecule has 0 aliphatic heterocycles. The number of hydrogen-bond acceptors (Lipinski definition) is 24. The Morgan fingerprint density at radius 3 is 0.824 bits per heavy atom. The topological polar surface area (TPSA) is 444 Å². The van der Waals surface area contributed by atoms with E-state index in [1.165, 1.54) is 43.8 Å². The molecule has 0 fully saturated rings. The molecule has 0 bridgehead atoms. The minimum absolute atomic E-state index is 0.00939. The molecule has 0 radical (unpaired) electrons. The van der Waals surface area contributed by atoms with Gasteiger partial charge < -0.3 is 64.2 Å². The summed E-state index contributed by atoms with van der Waals surface area (Å²) < 4.78 is 44.6. The third-order valence-corrected chi connectivity index (χ3v) is 20.9. The summed E-state index contributed by atoms with van der Waals surface area (Å²) in [6.07, 6.45) is 5.86. The molecule has 8 aromatic carbocycles. The van der Waals surface area contributed by atoms with E-state index in [0.717, 1.165) is 96.4 Å². The molecule has 32 nitrogen and oxygen atoms in total. The highest BCUT2D eigenvalue weighted by Crippen LogP contribution is 2.38. The minimum Gasteiger partial charge on any atom is -0.366 e. The number of anilines is 16. The summed E-state index contributed by atoms with van der Waals surface area (Å²) in [5.41, 5.74) is 23.8. The fourth-order valence-corrected chi connectivity index (χ4v) is 13.6. The Kier molecular flexibility index (Phi) is 29.6. The number of nitrogens with zero attached hydrogens (tertiary/aromatic N) is 12. The maximum absolute atomic E-state index is 15.0. The molecule has 0 atom stereocenters. The van der Waals surface area contributed by atoms with Crippen LogP contribution in [0.25, 0.3) is 44.5 Å². The zero-order valence-electron chi connectivity index (χ0n) is 72.2. The van der Waals surface area contributed by atoms with Gasteiger partial charge in [0.15, 0.2) is 46.5 Å². The van der Waals surface area contributed by atoms with E-state index in [2.05, 4.69) is 157 Å². The first-order valence-corrected chi connectivity index (χ1v) is 41.6. The Bertz CT molecular complexity index is 6410. The van der Waals surface area contributed by atoms with Crippen LogP contribution in [-0.4, -0.2) is 125 Å². The van der Waals surface area contributed by atoms with Crippen molar-refractivity contribution in [1.29, 1.82) is 0 Å². The normalized spacial score (nSPS) is 10.7. The van der Waals surface area contributed by atoms with Crippen molar-refractivity contribution in [2.45, 2.75) is 62.3 Å². The number of aromatic amines is 4. The fourth-order valence-electron chi connectivity index (χ4n) is 13.0. The van der Waals surface area contributed by atoms with Gasteiger partial charge in [-0.2, -0.15) is 40.3 Å². The molecule has 8 heterocycles. The number of carbonyl (C=O) groups is 4. The third-order valence-electron chi connectivity index (χ3n) is 19.8. The van der Waals surface area contributed by atoms with Gasteiger partial charge in [-0.3, -0.25) is 39.6 Å². The summed E-state index contributed by atoms with van der Waals surface area (Å²) in [7, 11) is 4.70. The van der Waals surface area contributed by atoms with E-state index in [9.17, 15) is 32.3 Å². The van der Waals surface area contributed by atoms with Crippen LogP contribution in [0.1, 0.15) is 92.0 Å². The summed E-state index contributed by atoms with van der Waals surface area (Å²) in [5.74, 6) is 2.10. The predicted molar refractivity (Wildman–Crippen MR) is 507 cm³/mol. The quantitative estimate of drug-likeness (QED) is 0.0267. The number of amides is 4. The lowest BCUT2D eigenvalue weighted by atomic mass is 9.96. The van der Waals surface area contributed by atoms with Crippen molar-refractivity contribution in [3.8, 4) is 44.5 Å². The summed E-state index contributed by atoms with van der Waals surface area (Å²) in [6, 6.07) is 48.5. The molecule has 8 aromatic heterocycles. The molecule has 0 aliphatic rings. The highest BCUT2D eigenvalue weighted by Gasteiger charge is 2.21. The molecule has 16 aromatic rings. The Hall–Kier alpha value is -15.9. The average Bonchev–Trinajstić information content (AvgIpc) is 1.49. The van der Waals surface area contributed by atoms with E-state index in [-0.39, 0.29) is 51.7 Å². The zero-order chi connectivity index (χ0) is 93.4. The van der Waals surface area contributed by atoms with Crippen LogP contribution in [0, 0.1) is 79.8 Å². The van der Waals surface area contributed by atoms with E-state index < -0.39 is 23.4 Å². The van der Waals surface area contributed by atoms with Gasteiger partial charge in [-0.25, -0.2) is 33.1 Å². The predicted octanol–water partition coefficient (Wildman–Crippen LogP) is 20.4. The molecule has 4 amide bonds. The zero-order valence-corrected chi connectivity index (χ0v) is 75.2. The number of nitrogens with two attached hydrogens (primary N) is 1. The van der Waals surface area contributed by atoms with Crippen molar-refractivity contribution in [3.05, 3.63) is 305 Å². The van der Waals surface area contributed by atoms with Gasteiger partial charge in [0, 0.05) is 125 Å². The third kappa shape index (κ3) is 23.7. The van der Waals surface area contributed by atoms with Crippen molar-refractivity contribution in [2.75, 3.05) is 63.7 Å². The lowest BCUT2D eigenvalue weighted by Gasteiger charge is -2.14. The van der Waals surface area contributed by atoms with Crippen LogP contribution < -0.4 is 64.2 Å². The summed E-state index contributed by atoms with van der Waals surface area (Å²) >= 11 is 24.8. The first kappa shape index (κ1) is 92.8. The number of aromatic nitrogens is 16. The number of halogens is 7. The van der Waals surface area contributed by atoms with E-state index in [1.807, 2.05) is 123 Å². The second-order valence-electron chi connectivity index (χ2n) is 29.6. The van der Waals surface area contributed by atoms with Crippen LogP contribution in [0.15, 0.2) is 195 Å². The van der Waals surface area contributed by atoms with Gasteiger partial charge in [-0.05, 0) is 215 Å². The lowest BCUT2D eigenvalue weighted by Crippen LogP contribution is -2.17. The van der Waals surface area contributed by atoms with Crippen molar-refractivity contribution in [1.82, 2.24) is 96.6 Å². The largest absolute Gasteiger partial charge is 0.366 e. The maximum atomic E-state index is 15.0. The number of nitrogens with one attached hydrogen (secondary N) is 15. The first-order valence-electron chi connectivity index (χ1n) is 40.1. The molecule has 0 unspecified atom stereocenters. The molecule has 0 saturated heterocycles. The molecule has 17 N–H and O–H groups in total. The van der Waals surface area contributed by atoms with E-state index >= 15 is 0 Å². The number of aryl methyl sites for hydroxylation is 9. The summed E-state index contributed by atoms with van der Waals surface area (Å²) in [5, 5.41) is 61.2. The van der Waals surface area contributed by atoms with Gasteiger partial charge in [-0.1, -0.05) is 94.9 Å². The van der Waals surface area contributed by atoms with Gasteiger partial charge >= 0.3 is 0 Å². The summed E-state index contributed by atoms with van der Waals surface area (Å²) in [6.45, 7) is 17.5. The molecular formula is C92H85Cl4F3N28O4. The molecule has 131 heavy (non-hydrogen) atoms. The number of H-pyrrole nitrogens is 4. The van der Waals surface area contributed by atoms with Crippen LogP contribution in [0.5, 0.6) is 0 Å². The lowest BCUT2D eigenvalue weighted by molar-refractivity contribution is 0.0955. The second kappa shape index (κ2) is 41.7. The SMILES string of the molecule is CNC(=O)c1ccc(-c2cc(C)c(Nc3ncc(Cl)c(Nc4cc(C)[nH]n4)n3)cc2C)cc1.CNC(=O)c1ccc(-c2cc(C)c(Nc3ncc(Cl)c(Nc4cc(C)[nH]n4)n3)cc2F)cc1.CNC(=O)c1ccc(-c2cc(F)c(Nc3ncc(Cl)c(Nc4cc(C)[nH]n4)n3)cc2F)cc1.Cc1cc(Nc2nc(Nc3cc(C)c(-c4ccc(C(N)=O)cc4)cc3C)ncc2Cl)n[nH]1. The van der Waals surface area contributed by atoms with Gasteiger partial charge in [-0.15, -0.1) is 0 Å². The molecule has 39 heteroatoms. The smallest absolute Gasteiger partial charge is 0.251 e. The van der Waals surface area contributed by atoms with Crippen molar-refractivity contribution >= 4 is 163 Å². The van der Waals surface area contributed by atoms with Crippen LogP contribution in [-0.2, 0) is 0 Å². The van der Waals surface area contributed by atoms with Crippen molar-refractivity contribution in [2.24, 2.45) is 5.73 Å². The number of hydrogen-bond donors (Lipinski definition) is 16. The average molecular weight is 1850 g/mol. The van der Waals surface area contributed by atoms with Gasteiger partial charge in [0.25, 0.3) is 17.7 Å². The molecule has 0 spiro atoms. The molecule has 666 valence electrons. The highest BCUT2D eigenvalue weighted by molar-refractivity contribution is 6.34. The Morgan fingerprint density at radius 1 is 0.298 bits per heavy atom. The van der Waals surface area contributed by atoms with Crippen LogP contribution in [0.2, 0.25) is 20.1 Å². The van der Waals surface area contributed by atoms with E-state index in [4.69, 9.17) is 52.1 Å². The monoisotopic (exact) mass is 1840 g/mol. The van der Waals surface area contributed by atoms with Gasteiger partial charge in [0.05, 0.1) is 30.5 Å². The highest BCUT2D eigenvalue weighted by atomic mass is 35.5. The molecule has 0 aliphatic carbocycles. The standard InChI is InChI=1S/C24H24ClN7O.C23H21ClFN7O.C23H22ClN7O.C22H18ClF2N7O/c1-13-10-20(14(2)9-18(13)16-5-7-17(8-6-16)23(33)26-4)28-24-27-12-19(25)22(30-24)29-21-11-15(3)31-32-21;1-12-8-16(14-4-6-15(7-5-14)22(33)26-3)18(25)10-19(12)28-23-27-11-17(24)21(30-23)29-20-9-13(2)31-32-20;1-12-9-19(13(2)8-17(12)15-4-6-16(7-5-15)21(25)32)27-23-26-11-18(24)22(29-23)28-20-10-14(3)30-31-20;1-11-7-19(32-31-11)29-20-15(23)10-27-22(30-20)28-18-9-16(24)14(8-17(18)25)12-3-5-13(6-4-12)21(33)26-2/h5-12H,1-4H3,(H,26,33)(H3,27,28,29,30,31,32);4-11H,1-3H3,(H,26,33)(H3,27,28,29,30,31,32);4-11H,1-3H3,(H2,25,32)(H3,26,27,28,29,30,31);3-10H,1-2H3,(H,26,33)(H3,27,28,29,30,31,32). The molecule has 16 rings (SSSR count). The van der Waals surface area contributed by atoms with Gasteiger partial charge in [0.2, 0.25) is 29.7 Å². The van der Waals surface area contributed by atoms with Crippen LogP contribution >= 0.6 is 46.4 Å². The first-order chi connectivity index (χ1) is 62.8. The van der Waals surface area contributed by atoms with Crippen molar-refractivity contribution < 1.29 is 32.3 Å². The van der Waals surface area contributed by atoms with E-state index in [1.54, 1.807) is 81.0 Å². The maximum Gasteiger partial charge on any atom is 0.251 e. The number of carbonyl (C=O) groups excluding carboxylic acids is 4. The molecular weight excluding hydrogens is 1760 g/mol. The number of rotatable bonds is 24. The van der Waals surface area contributed by atoms with Gasteiger partial charge in [0.1, 0.15) is 37.5 Å². The number of benzene rings is 8. The van der Waals surface area contributed by atoms with Crippen molar-refractivity contribution in [3.63, 3.8) is 0 Å². The van der Waals surface area contributed by atoms with Crippen LogP contribution in [0.3, 0.4) is 0 Å². The molecule has 0 saturated carbocycles.